The van der Waals surface area contributed by atoms with Gasteiger partial charge in [0, 0.05) is 38.8 Å². The number of likely N-dealkylation sites (N-methyl/N-ethyl adjacent to an activating group) is 2. The molecule has 0 bridgehead atoms. The van der Waals surface area contributed by atoms with Crippen LogP contribution in [0.1, 0.15) is 27.6 Å². The Morgan fingerprint density at radius 2 is 1.52 bits per heavy atom. The molecule has 8 heteroatoms. The average molecular weight is 515 g/mol. The van der Waals surface area contributed by atoms with Crippen LogP contribution in [0.5, 0.6) is 0 Å². The largest absolute Gasteiger partial charge is 1.00 e. The van der Waals surface area contributed by atoms with Gasteiger partial charge >= 0.3 is 0 Å². The summed E-state index contributed by atoms with van der Waals surface area (Å²) < 4.78 is 5.82. The van der Waals surface area contributed by atoms with Crippen molar-refractivity contribution in [3.05, 3.63) is 46.8 Å². The molecule has 1 amide bonds. The van der Waals surface area contributed by atoms with Crippen molar-refractivity contribution in [3.8, 4) is 0 Å². The number of benzene rings is 1. The molecule has 29 heavy (non-hydrogen) atoms. The van der Waals surface area contributed by atoms with Crippen molar-refractivity contribution in [3.63, 3.8) is 0 Å². The van der Waals surface area contributed by atoms with Crippen LogP contribution in [0.2, 0.25) is 0 Å². The van der Waals surface area contributed by atoms with Gasteiger partial charge in [0.2, 0.25) is 17.5 Å². The van der Waals surface area contributed by atoms with Crippen LogP contribution < -0.4 is 24.0 Å². The molecule has 0 aromatic heterocycles. The number of quaternary nitrogens is 1. The lowest BCUT2D eigenvalue weighted by molar-refractivity contribution is -0.869. The van der Waals surface area contributed by atoms with E-state index < -0.39 is 0 Å². The number of methoxy groups -OCH3 is 1. The van der Waals surface area contributed by atoms with Gasteiger partial charge in [0.15, 0.2) is 0 Å². The highest BCUT2D eigenvalue weighted by Gasteiger charge is 2.38. The van der Waals surface area contributed by atoms with Crippen molar-refractivity contribution in [2.75, 3.05) is 61.5 Å². The second-order valence-electron chi connectivity index (χ2n) is 8.00. The molecule has 0 heterocycles. The van der Waals surface area contributed by atoms with Gasteiger partial charge in [-0.05, 0) is 0 Å². The second kappa shape index (κ2) is 10.3. The molecular formula is C21H30IN3O4. The van der Waals surface area contributed by atoms with Crippen LogP contribution in [0.25, 0.3) is 0 Å². The number of hydrogen-bond donors (Lipinski definition) is 0. The van der Waals surface area contributed by atoms with Gasteiger partial charge in [-0.15, -0.1) is 0 Å². The van der Waals surface area contributed by atoms with E-state index in [1.165, 1.54) is 18.9 Å². The maximum Gasteiger partial charge on any atom is 0.224 e. The molecule has 0 unspecified atom stereocenters. The highest BCUT2D eigenvalue weighted by atomic mass is 127. The van der Waals surface area contributed by atoms with Crippen LogP contribution in [-0.4, -0.2) is 93.3 Å². The molecule has 0 saturated heterocycles. The molecule has 1 aliphatic carbocycles. The van der Waals surface area contributed by atoms with Crippen molar-refractivity contribution in [1.82, 2.24) is 9.80 Å². The fourth-order valence-electron chi connectivity index (χ4n) is 3.12. The van der Waals surface area contributed by atoms with Crippen LogP contribution in [0, 0.1) is 0 Å². The number of Topliss-reactive ketones (excluding diaryl/α,β-unsaturated/α-hetero) is 2. The summed E-state index contributed by atoms with van der Waals surface area (Å²) in [4.78, 5) is 42.1. The van der Waals surface area contributed by atoms with Gasteiger partial charge in [-0.25, -0.2) is 0 Å². The molecule has 0 spiro atoms. The minimum atomic E-state index is -0.311. The first-order valence-electron chi connectivity index (χ1n) is 9.30. The van der Waals surface area contributed by atoms with E-state index >= 15 is 0 Å². The second-order valence-corrected chi connectivity index (χ2v) is 8.00. The van der Waals surface area contributed by atoms with Gasteiger partial charge in [0.25, 0.3) is 0 Å². The molecule has 160 valence electrons. The Bertz CT molecular complexity index is 814. The van der Waals surface area contributed by atoms with Gasteiger partial charge in [-0.1, -0.05) is 24.3 Å². The Balaban J connectivity index is 0.00000420. The molecule has 1 aromatic rings. The Hall–Kier alpha value is -1.78. The molecule has 1 aliphatic rings. The number of hydrogen-bond acceptors (Lipinski definition) is 5. The van der Waals surface area contributed by atoms with Crippen LogP contribution in [0.15, 0.2) is 35.7 Å². The van der Waals surface area contributed by atoms with E-state index in [0.29, 0.717) is 22.2 Å². The number of allylic oxidation sites excluding steroid dienone is 2. The number of fused-ring (bicyclic) bond motifs is 1. The van der Waals surface area contributed by atoms with Gasteiger partial charge in [-0.2, -0.15) is 0 Å². The first-order valence-corrected chi connectivity index (χ1v) is 9.30. The summed E-state index contributed by atoms with van der Waals surface area (Å²) in [5.41, 5.74) is 1.11. The topological polar surface area (TPSA) is 66.9 Å². The molecule has 0 aliphatic heterocycles. The molecular weight excluding hydrogens is 485 g/mol. The summed E-state index contributed by atoms with van der Waals surface area (Å²) in [7, 11) is 9.51. The number of halogens is 1. The third-order valence-corrected chi connectivity index (χ3v) is 4.73. The third-order valence-electron chi connectivity index (χ3n) is 4.73. The first kappa shape index (κ1) is 25.3. The smallest absolute Gasteiger partial charge is 0.224 e. The summed E-state index contributed by atoms with van der Waals surface area (Å²) in [6.45, 7) is 3.20. The number of nitrogens with zero attached hydrogens (tertiary/aromatic N) is 3. The standard InChI is InChI=1S/C21H30N3O4.HI/c1-15(25)23(12-14-28-6)19-18(22(2)11-13-24(3,4)5)20(26)16-9-7-8-10-17(16)21(19)27;/h7-10H,11-14H2,1-6H3;1H/q+1;/p-1. The van der Waals surface area contributed by atoms with E-state index in [1.54, 1.807) is 36.2 Å². The van der Waals surface area contributed by atoms with Crippen LogP contribution in [0.3, 0.4) is 0 Å². The monoisotopic (exact) mass is 515 g/mol. The quantitative estimate of drug-likeness (QED) is 0.309. The number of carbonyl (C=O) groups is 3. The zero-order valence-corrected chi connectivity index (χ0v) is 20.1. The summed E-state index contributed by atoms with van der Waals surface area (Å²) in [5.74, 6) is -0.850. The Kier molecular flexibility index (Phi) is 8.98. The van der Waals surface area contributed by atoms with E-state index in [1.807, 2.05) is 0 Å². The van der Waals surface area contributed by atoms with E-state index in [2.05, 4.69) is 21.1 Å². The SMILES string of the molecule is COCCN(C(C)=O)C1=C(N(C)CC[N+](C)(C)C)C(=O)c2ccccc2C1=O.[I-]. The molecule has 0 saturated carbocycles. The lowest BCUT2D eigenvalue weighted by Gasteiger charge is -2.34. The highest BCUT2D eigenvalue weighted by molar-refractivity contribution is 6.27. The van der Waals surface area contributed by atoms with Gasteiger partial charge in [-0.3, -0.25) is 14.4 Å². The zero-order valence-electron chi connectivity index (χ0n) is 18.0. The number of amides is 1. The predicted molar refractivity (Wildman–Crippen MR) is 107 cm³/mol. The van der Waals surface area contributed by atoms with Crippen LogP contribution in [-0.2, 0) is 9.53 Å². The minimum absolute atomic E-state index is 0. The number of ketones is 2. The van der Waals surface area contributed by atoms with Crippen molar-refractivity contribution in [1.29, 1.82) is 0 Å². The van der Waals surface area contributed by atoms with Gasteiger partial charge < -0.3 is 43.0 Å². The number of rotatable bonds is 8. The maximum absolute atomic E-state index is 13.3. The van der Waals surface area contributed by atoms with Gasteiger partial charge in [0.05, 0.1) is 40.8 Å². The third kappa shape index (κ3) is 5.86. The predicted octanol–water partition coefficient (Wildman–Crippen LogP) is -1.59. The molecule has 0 fully saturated rings. The fourth-order valence-corrected chi connectivity index (χ4v) is 3.12. The Morgan fingerprint density at radius 3 is 1.97 bits per heavy atom. The molecule has 1 aromatic carbocycles. The van der Waals surface area contributed by atoms with Crippen molar-refractivity contribution in [2.45, 2.75) is 6.92 Å². The Labute approximate surface area is 189 Å². The zero-order chi connectivity index (χ0) is 21.1. The van der Waals surface area contributed by atoms with Crippen molar-refractivity contribution in [2.24, 2.45) is 0 Å². The average Bonchev–Trinajstić information content (AvgIpc) is 2.63. The molecule has 0 N–H and O–H groups in total. The molecule has 0 atom stereocenters. The highest BCUT2D eigenvalue weighted by Crippen LogP contribution is 2.30. The summed E-state index contributed by atoms with van der Waals surface area (Å²) in [6, 6.07) is 6.76. The number of carbonyl (C=O) groups excluding carboxylic acids is 3. The van der Waals surface area contributed by atoms with E-state index in [9.17, 15) is 14.4 Å². The van der Waals surface area contributed by atoms with Crippen molar-refractivity contribution < 1.29 is 47.6 Å². The minimum Gasteiger partial charge on any atom is -1.00 e. The molecule has 0 radical (unpaired) electrons. The lowest BCUT2D eigenvalue weighted by atomic mass is 9.89. The molecule has 2 rings (SSSR count). The first-order chi connectivity index (χ1) is 13.1. The maximum atomic E-state index is 13.3. The van der Waals surface area contributed by atoms with Crippen LogP contribution in [0.4, 0.5) is 0 Å². The summed E-state index contributed by atoms with van der Waals surface area (Å²) in [6.07, 6.45) is 0. The van der Waals surface area contributed by atoms with E-state index in [4.69, 9.17) is 4.74 Å². The molecule has 7 nitrogen and oxygen atoms in total. The normalized spacial score (nSPS) is 13.7. The summed E-state index contributed by atoms with van der Waals surface area (Å²) >= 11 is 0. The van der Waals surface area contributed by atoms with E-state index in [-0.39, 0.29) is 66.0 Å². The van der Waals surface area contributed by atoms with Crippen LogP contribution >= 0.6 is 0 Å². The fraction of sp³-hybridized carbons (Fsp3) is 0.476. The Morgan fingerprint density at radius 1 is 1.00 bits per heavy atom. The van der Waals surface area contributed by atoms with Crippen molar-refractivity contribution >= 4 is 17.5 Å². The van der Waals surface area contributed by atoms with E-state index in [0.717, 1.165) is 6.54 Å². The lowest BCUT2D eigenvalue weighted by Crippen LogP contribution is -3.00. The summed E-state index contributed by atoms with van der Waals surface area (Å²) in [5, 5.41) is 0. The number of ether oxygens (including phenoxy) is 1. The van der Waals surface area contributed by atoms with Gasteiger partial charge in [0.1, 0.15) is 11.4 Å².